The lowest BCUT2D eigenvalue weighted by molar-refractivity contribution is 0.0704. The molecule has 24 heavy (non-hydrogen) atoms. The molecule has 0 aromatic carbocycles. The van der Waals surface area contributed by atoms with E-state index < -0.39 is 0 Å². The quantitative estimate of drug-likeness (QED) is 0.825. The topological polar surface area (TPSA) is 70.1 Å². The molecule has 1 amide bonds. The van der Waals surface area contributed by atoms with E-state index in [9.17, 15) is 9.59 Å². The lowest BCUT2D eigenvalue weighted by Crippen LogP contribution is -2.44. The van der Waals surface area contributed by atoms with Gasteiger partial charge in [0.05, 0.1) is 5.56 Å². The zero-order chi connectivity index (χ0) is 16.4. The van der Waals surface area contributed by atoms with Crippen LogP contribution in [0.1, 0.15) is 23.2 Å². The van der Waals surface area contributed by atoms with Gasteiger partial charge in [-0.2, -0.15) is 0 Å². The summed E-state index contributed by atoms with van der Waals surface area (Å²) in [6, 6.07) is 2.02. The Morgan fingerprint density at radius 2 is 2.17 bits per heavy atom. The fraction of sp³-hybridized carbons (Fsp3) is 0.412. The van der Waals surface area contributed by atoms with Crippen LogP contribution in [-0.4, -0.2) is 46.5 Å². The van der Waals surface area contributed by atoms with Crippen LogP contribution in [0, 0.1) is 0 Å². The third-order valence-corrected chi connectivity index (χ3v) is 4.53. The molecule has 3 heterocycles. The molecule has 130 valence electrons. The number of halogens is 1. The summed E-state index contributed by atoms with van der Waals surface area (Å²) < 4.78 is 1.52. The molecule has 2 N–H and O–H groups in total. The monoisotopic (exact) mass is 350 g/mol. The number of amides is 1. The van der Waals surface area contributed by atoms with E-state index in [1.54, 1.807) is 24.5 Å². The molecule has 0 radical (unpaired) electrons. The summed E-state index contributed by atoms with van der Waals surface area (Å²) in [4.78, 5) is 30.1. The number of carbonyl (C=O) groups is 1. The normalized spacial score (nSPS) is 15.0. The number of carbonyl (C=O) groups excluding carboxylic acids is 1. The largest absolute Gasteiger partial charge is 0.357 e. The Bertz CT molecular complexity index is 789. The minimum absolute atomic E-state index is 0. The van der Waals surface area contributed by atoms with E-state index in [0.717, 1.165) is 25.9 Å². The van der Waals surface area contributed by atoms with Crippen molar-refractivity contribution in [2.45, 2.75) is 25.4 Å². The van der Waals surface area contributed by atoms with Crippen LogP contribution in [-0.2, 0) is 6.54 Å². The number of aromatic amines is 1. The number of H-pyrrole nitrogens is 1. The Hall–Kier alpha value is -2.05. The van der Waals surface area contributed by atoms with Crippen molar-refractivity contribution in [3.05, 3.63) is 47.0 Å². The van der Waals surface area contributed by atoms with Crippen LogP contribution in [0.25, 0.3) is 10.9 Å². The van der Waals surface area contributed by atoms with E-state index in [1.807, 2.05) is 11.9 Å². The van der Waals surface area contributed by atoms with Gasteiger partial charge < -0.3 is 19.8 Å². The highest BCUT2D eigenvalue weighted by atomic mass is 35.5. The standard InChI is InChI=1S/C17H22N4O2.ClH/c1-3-10-21-11-14(13-6-9-19-15(13)17(21)23)16(22)20(2)12-4-7-18-8-5-12;/h3,6,9,11-12,18-19H,1,4-5,7-8,10H2,2H3;1H. The van der Waals surface area contributed by atoms with Crippen LogP contribution in [0.4, 0.5) is 0 Å². The average molecular weight is 351 g/mol. The van der Waals surface area contributed by atoms with Gasteiger partial charge in [-0.25, -0.2) is 0 Å². The molecule has 1 saturated heterocycles. The number of hydrogen-bond donors (Lipinski definition) is 2. The number of rotatable bonds is 4. The van der Waals surface area contributed by atoms with Crippen LogP contribution in [0.15, 0.2) is 35.9 Å². The first-order valence-electron chi connectivity index (χ1n) is 7.92. The number of nitrogens with zero attached hydrogens (tertiary/aromatic N) is 2. The lowest BCUT2D eigenvalue weighted by Gasteiger charge is -2.32. The average Bonchev–Trinajstić information content (AvgIpc) is 3.07. The second-order valence-electron chi connectivity index (χ2n) is 5.95. The molecule has 0 saturated carbocycles. The van der Waals surface area contributed by atoms with E-state index in [1.165, 1.54) is 4.57 Å². The van der Waals surface area contributed by atoms with Crippen LogP contribution < -0.4 is 10.9 Å². The minimum Gasteiger partial charge on any atom is -0.357 e. The second-order valence-corrected chi connectivity index (χ2v) is 5.95. The van der Waals surface area contributed by atoms with E-state index in [0.29, 0.717) is 23.0 Å². The minimum atomic E-state index is -0.133. The molecule has 1 aliphatic rings. The van der Waals surface area contributed by atoms with Crippen molar-refractivity contribution in [1.82, 2.24) is 19.8 Å². The molecule has 3 rings (SSSR count). The van der Waals surface area contributed by atoms with Crippen molar-refractivity contribution in [2.75, 3.05) is 20.1 Å². The van der Waals surface area contributed by atoms with Crippen molar-refractivity contribution in [1.29, 1.82) is 0 Å². The lowest BCUT2D eigenvalue weighted by atomic mass is 10.0. The van der Waals surface area contributed by atoms with Crippen LogP contribution in [0.2, 0.25) is 0 Å². The predicted octanol–water partition coefficient (Wildman–Crippen LogP) is 1.76. The molecule has 2 aromatic rings. The van der Waals surface area contributed by atoms with E-state index in [2.05, 4.69) is 16.9 Å². The van der Waals surface area contributed by atoms with Gasteiger partial charge in [0.15, 0.2) is 0 Å². The van der Waals surface area contributed by atoms with Gasteiger partial charge in [-0.1, -0.05) is 6.08 Å². The van der Waals surface area contributed by atoms with Crippen molar-refractivity contribution < 1.29 is 4.79 Å². The van der Waals surface area contributed by atoms with Crippen molar-refractivity contribution in [3.63, 3.8) is 0 Å². The number of pyridine rings is 1. The zero-order valence-electron chi connectivity index (χ0n) is 13.7. The Morgan fingerprint density at radius 1 is 1.46 bits per heavy atom. The summed E-state index contributed by atoms with van der Waals surface area (Å²) in [7, 11) is 1.85. The first-order valence-corrected chi connectivity index (χ1v) is 7.92. The molecule has 1 fully saturated rings. The van der Waals surface area contributed by atoms with Gasteiger partial charge in [-0.3, -0.25) is 9.59 Å². The summed E-state index contributed by atoms with van der Waals surface area (Å²) in [6.07, 6.45) is 6.91. The van der Waals surface area contributed by atoms with Gasteiger partial charge in [-0.15, -0.1) is 19.0 Å². The molecule has 1 aliphatic heterocycles. The first kappa shape index (κ1) is 18.3. The maximum atomic E-state index is 13.0. The molecule has 2 aromatic heterocycles. The number of aromatic nitrogens is 2. The number of fused-ring (bicyclic) bond motifs is 1. The van der Waals surface area contributed by atoms with Gasteiger partial charge in [0.1, 0.15) is 5.52 Å². The second kappa shape index (κ2) is 7.68. The predicted molar refractivity (Wildman–Crippen MR) is 98.0 cm³/mol. The number of allylic oxidation sites excluding steroid dienone is 1. The van der Waals surface area contributed by atoms with Crippen LogP contribution in [0.3, 0.4) is 0 Å². The Balaban J connectivity index is 0.00000208. The molecule has 7 heteroatoms. The summed E-state index contributed by atoms with van der Waals surface area (Å²) in [6.45, 7) is 5.91. The Labute approximate surface area is 146 Å². The molecule has 0 aliphatic carbocycles. The van der Waals surface area contributed by atoms with Crippen molar-refractivity contribution >= 4 is 29.2 Å². The van der Waals surface area contributed by atoms with Crippen LogP contribution >= 0.6 is 12.4 Å². The van der Waals surface area contributed by atoms with Crippen molar-refractivity contribution in [3.8, 4) is 0 Å². The number of piperidine rings is 1. The van der Waals surface area contributed by atoms with Crippen molar-refractivity contribution in [2.24, 2.45) is 0 Å². The highest BCUT2D eigenvalue weighted by molar-refractivity contribution is 6.05. The Morgan fingerprint density at radius 3 is 2.83 bits per heavy atom. The molecule has 6 nitrogen and oxygen atoms in total. The van der Waals surface area contributed by atoms with E-state index in [-0.39, 0.29) is 29.9 Å². The molecular weight excluding hydrogens is 328 g/mol. The fourth-order valence-electron chi connectivity index (χ4n) is 3.19. The number of nitrogens with one attached hydrogen (secondary N) is 2. The van der Waals surface area contributed by atoms with Gasteiger partial charge in [0.2, 0.25) is 0 Å². The van der Waals surface area contributed by atoms with E-state index in [4.69, 9.17) is 0 Å². The number of hydrogen-bond acceptors (Lipinski definition) is 3. The van der Waals surface area contributed by atoms with E-state index >= 15 is 0 Å². The maximum Gasteiger partial charge on any atom is 0.275 e. The first-order chi connectivity index (χ1) is 11.1. The Kier molecular flexibility index (Phi) is 5.85. The molecule has 0 unspecified atom stereocenters. The summed E-state index contributed by atoms with van der Waals surface area (Å²) in [5, 5.41) is 3.99. The smallest absolute Gasteiger partial charge is 0.275 e. The molecule has 0 spiro atoms. The van der Waals surface area contributed by atoms with Crippen LogP contribution in [0.5, 0.6) is 0 Å². The molecular formula is C17H23ClN4O2. The highest BCUT2D eigenvalue weighted by Gasteiger charge is 2.25. The highest BCUT2D eigenvalue weighted by Crippen LogP contribution is 2.19. The zero-order valence-corrected chi connectivity index (χ0v) is 14.6. The third kappa shape index (κ3) is 3.25. The fourth-order valence-corrected chi connectivity index (χ4v) is 3.19. The maximum absolute atomic E-state index is 13.0. The summed E-state index contributed by atoms with van der Waals surface area (Å²) in [5.74, 6) is -0.0423. The van der Waals surface area contributed by atoms with Gasteiger partial charge in [0, 0.05) is 37.4 Å². The summed E-state index contributed by atoms with van der Waals surface area (Å²) >= 11 is 0. The van der Waals surface area contributed by atoms with Gasteiger partial charge >= 0.3 is 0 Å². The van der Waals surface area contributed by atoms with Gasteiger partial charge in [0.25, 0.3) is 11.5 Å². The molecule has 0 atom stereocenters. The third-order valence-electron chi connectivity index (χ3n) is 4.53. The molecule has 0 bridgehead atoms. The SMILES string of the molecule is C=CCn1cc(C(=O)N(C)C2CCNCC2)c2cc[nH]c2c1=O.Cl. The van der Waals surface area contributed by atoms with Gasteiger partial charge in [-0.05, 0) is 32.0 Å². The summed E-state index contributed by atoms with van der Waals surface area (Å²) in [5.41, 5.74) is 0.895.